The molecule has 0 saturated heterocycles. The number of carboxylic acid groups (broad SMARTS) is 1. The largest absolute Gasteiger partial charge is 0.465 e. The molecule has 1 aliphatic rings. The van der Waals surface area contributed by atoms with Crippen molar-refractivity contribution in [3.05, 3.63) is 0 Å². The lowest BCUT2D eigenvalue weighted by atomic mass is 10.3. The van der Waals surface area contributed by atoms with Crippen LogP contribution >= 0.6 is 0 Å². The SMILES string of the molecule is CC(NC(=O)O)C(=O)NCC1CC1. The van der Waals surface area contributed by atoms with E-state index in [9.17, 15) is 9.59 Å². The fourth-order valence-corrected chi connectivity index (χ4v) is 0.971. The maximum atomic E-state index is 11.2. The third-order valence-corrected chi connectivity index (χ3v) is 2.00. The molecule has 2 amide bonds. The molecule has 1 rings (SSSR count). The molecule has 1 atom stereocenters. The van der Waals surface area contributed by atoms with E-state index < -0.39 is 12.1 Å². The minimum absolute atomic E-state index is 0.255. The van der Waals surface area contributed by atoms with Gasteiger partial charge in [0.2, 0.25) is 5.91 Å². The van der Waals surface area contributed by atoms with Crippen molar-refractivity contribution in [1.29, 1.82) is 0 Å². The number of nitrogens with one attached hydrogen (secondary N) is 2. The maximum absolute atomic E-state index is 11.2. The van der Waals surface area contributed by atoms with Crippen molar-refractivity contribution in [1.82, 2.24) is 10.6 Å². The normalized spacial score (nSPS) is 17.6. The van der Waals surface area contributed by atoms with Crippen molar-refractivity contribution >= 4 is 12.0 Å². The molecule has 0 heterocycles. The van der Waals surface area contributed by atoms with Crippen molar-refractivity contribution < 1.29 is 14.7 Å². The molecule has 1 fully saturated rings. The van der Waals surface area contributed by atoms with Crippen LogP contribution in [0, 0.1) is 5.92 Å². The van der Waals surface area contributed by atoms with Gasteiger partial charge in [-0.05, 0) is 25.7 Å². The number of carbonyl (C=O) groups excluding carboxylic acids is 1. The van der Waals surface area contributed by atoms with Gasteiger partial charge in [0, 0.05) is 6.54 Å². The Bertz CT molecular complexity index is 213. The molecule has 0 aromatic rings. The fraction of sp³-hybridized carbons (Fsp3) is 0.750. The highest BCUT2D eigenvalue weighted by atomic mass is 16.4. The first-order valence-electron chi connectivity index (χ1n) is 4.36. The first-order valence-corrected chi connectivity index (χ1v) is 4.36. The summed E-state index contributed by atoms with van der Waals surface area (Å²) < 4.78 is 0. The molecule has 1 unspecified atom stereocenters. The lowest BCUT2D eigenvalue weighted by Crippen LogP contribution is -2.44. The van der Waals surface area contributed by atoms with E-state index in [1.165, 1.54) is 19.8 Å². The second kappa shape index (κ2) is 4.11. The van der Waals surface area contributed by atoms with Crippen LogP contribution in [0.1, 0.15) is 19.8 Å². The van der Waals surface area contributed by atoms with Crippen LogP contribution in [0.4, 0.5) is 4.79 Å². The Hall–Kier alpha value is -1.26. The zero-order valence-corrected chi connectivity index (χ0v) is 7.54. The summed E-state index contributed by atoms with van der Waals surface area (Å²) in [5.41, 5.74) is 0. The second-order valence-electron chi connectivity index (χ2n) is 3.36. The minimum Gasteiger partial charge on any atom is -0.465 e. The first-order chi connectivity index (χ1) is 6.09. The molecular formula is C8H14N2O3. The number of amides is 2. The van der Waals surface area contributed by atoms with Crippen LogP contribution in [0.15, 0.2) is 0 Å². The highest BCUT2D eigenvalue weighted by Crippen LogP contribution is 2.27. The highest BCUT2D eigenvalue weighted by molar-refractivity contribution is 5.84. The van der Waals surface area contributed by atoms with Gasteiger partial charge in [-0.2, -0.15) is 0 Å². The van der Waals surface area contributed by atoms with Gasteiger partial charge >= 0.3 is 6.09 Å². The molecule has 5 heteroatoms. The average Bonchev–Trinajstić information content (AvgIpc) is 2.81. The molecule has 3 N–H and O–H groups in total. The van der Waals surface area contributed by atoms with Crippen LogP contribution in [0.3, 0.4) is 0 Å². The summed E-state index contributed by atoms with van der Waals surface area (Å²) in [6.07, 6.45) is 1.16. The van der Waals surface area contributed by atoms with E-state index in [4.69, 9.17) is 5.11 Å². The molecule has 0 spiro atoms. The molecular weight excluding hydrogens is 172 g/mol. The predicted octanol–water partition coefficient (Wildman–Crippen LogP) is 0.169. The molecule has 0 aliphatic heterocycles. The molecule has 0 bridgehead atoms. The van der Waals surface area contributed by atoms with E-state index in [0.29, 0.717) is 12.5 Å². The predicted molar refractivity (Wildman–Crippen MR) is 46.4 cm³/mol. The number of rotatable bonds is 4. The molecule has 0 aromatic heterocycles. The number of hydrogen-bond donors (Lipinski definition) is 3. The van der Waals surface area contributed by atoms with Crippen molar-refractivity contribution in [3.8, 4) is 0 Å². The van der Waals surface area contributed by atoms with Crippen LogP contribution in [-0.2, 0) is 4.79 Å². The summed E-state index contributed by atoms with van der Waals surface area (Å²) in [4.78, 5) is 21.3. The van der Waals surface area contributed by atoms with E-state index in [1.807, 2.05) is 0 Å². The fourth-order valence-electron chi connectivity index (χ4n) is 0.971. The van der Waals surface area contributed by atoms with Gasteiger partial charge < -0.3 is 15.7 Å². The number of hydrogen-bond acceptors (Lipinski definition) is 2. The standard InChI is InChI=1S/C8H14N2O3/c1-5(10-8(12)13)7(11)9-4-6-2-3-6/h5-6,10H,2-4H2,1H3,(H,9,11)(H,12,13). The topological polar surface area (TPSA) is 78.4 Å². The van der Waals surface area contributed by atoms with Gasteiger partial charge in [0.15, 0.2) is 0 Å². The molecule has 1 aliphatic carbocycles. The summed E-state index contributed by atoms with van der Waals surface area (Å²) in [5.74, 6) is 0.357. The first kappa shape index (κ1) is 9.83. The van der Waals surface area contributed by atoms with E-state index in [2.05, 4.69) is 10.6 Å². The molecule has 0 aromatic carbocycles. The highest BCUT2D eigenvalue weighted by Gasteiger charge is 2.23. The van der Waals surface area contributed by atoms with Crippen molar-refractivity contribution in [3.63, 3.8) is 0 Å². The summed E-state index contributed by atoms with van der Waals surface area (Å²) in [6.45, 7) is 2.20. The number of carbonyl (C=O) groups is 2. The van der Waals surface area contributed by atoms with Gasteiger partial charge in [-0.25, -0.2) is 4.79 Å². The zero-order chi connectivity index (χ0) is 9.84. The third-order valence-electron chi connectivity index (χ3n) is 2.00. The van der Waals surface area contributed by atoms with Gasteiger partial charge in [0.25, 0.3) is 0 Å². The molecule has 13 heavy (non-hydrogen) atoms. The smallest absolute Gasteiger partial charge is 0.405 e. The molecule has 1 saturated carbocycles. The summed E-state index contributed by atoms with van der Waals surface area (Å²) in [6, 6.07) is -0.670. The van der Waals surface area contributed by atoms with Crippen LogP contribution in [0.2, 0.25) is 0 Å². The Balaban J connectivity index is 2.16. The lowest BCUT2D eigenvalue weighted by Gasteiger charge is -2.11. The van der Waals surface area contributed by atoms with Crippen LogP contribution in [-0.4, -0.2) is 29.7 Å². The van der Waals surface area contributed by atoms with E-state index in [0.717, 1.165) is 0 Å². The van der Waals surface area contributed by atoms with Crippen LogP contribution < -0.4 is 10.6 Å². The molecule has 5 nitrogen and oxygen atoms in total. The Morgan fingerprint density at radius 2 is 2.15 bits per heavy atom. The third kappa shape index (κ3) is 3.78. The molecule has 74 valence electrons. The van der Waals surface area contributed by atoms with Crippen LogP contribution in [0.25, 0.3) is 0 Å². The minimum atomic E-state index is -1.17. The van der Waals surface area contributed by atoms with E-state index in [1.54, 1.807) is 0 Å². The quantitative estimate of drug-likeness (QED) is 0.585. The lowest BCUT2D eigenvalue weighted by molar-refractivity contribution is -0.122. The van der Waals surface area contributed by atoms with Gasteiger partial charge in [0.05, 0.1) is 0 Å². The average molecular weight is 186 g/mol. The van der Waals surface area contributed by atoms with Crippen molar-refractivity contribution in [2.24, 2.45) is 5.92 Å². The summed E-state index contributed by atoms with van der Waals surface area (Å²) in [5, 5.41) is 13.1. The maximum Gasteiger partial charge on any atom is 0.405 e. The monoisotopic (exact) mass is 186 g/mol. The van der Waals surface area contributed by atoms with E-state index in [-0.39, 0.29) is 5.91 Å². The van der Waals surface area contributed by atoms with Crippen molar-refractivity contribution in [2.45, 2.75) is 25.8 Å². The summed E-state index contributed by atoms with van der Waals surface area (Å²) in [7, 11) is 0. The van der Waals surface area contributed by atoms with Gasteiger partial charge in [-0.15, -0.1) is 0 Å². The Morgan fingerprint density at radius 1 is 1.54 bits per heavy atom. The zero-order valence-electron chi connectivity index (χ0n) is 7.54. The summed E-state index contributed by atoms with van der Waals surface area (Å²) >= 11 is 0. The van der Waals surface area contributed by atoms with Crippen LogP contribution in [0.5, 0.6) is 0 Å². The van der Waals surface area contributed by atoms with Gasteiger partial charge in [0.1, 0.15) is 6.04 Å². The molecule has 0 radical (unpaired) electrons. The Kier molecular flexibility index (Phi) is 3.11. The van der Waals surface area contributed by atoms with Gasteiger partial charge in [-0.3, -0.25) is 4.79 Å². The Labute approximate surface area is 76.5 Å². The van der Waals surface area contributed by atoms with Crippen molar-refractivity contribution in [2.75, 3.05) is 6.54 Å². The second-order valence-corrected chi connectivity index (χ2v) is 3.36. The van der Waals surface area contributed by atoms with E-state index >= 15 is 0 Å². The van der Waals surface area contributed by atoms with Gasteiger partial charge in [-0.1, -0.05) is 0 Å². The Morgan fingerprint density at radius 3 is 2.62 bits per heavy atom.